The van der Waals surface area contributed by atoms with E-state index in [0.717, 1.165) is 16.5 Å². The Labute approximate surface area is 165 Å². The van der Waals surface area contributed by atoms with Crippen molar-refractivity contribution in [2.24, 2.45) is 0 Å². The topological polar surface area (TPSA) is 70.4 Å². The Morgan fingerprint density at radius 1 is 1.22 bits per heavy atom. The summed E-state index contributed by atoms with van der Waals surface area (Å²) in [5.41, 5.74) is 2.15. The van der Waals surface area contributed by atoms with Crippen LogP contribution in [-0.2, 0) is 9.53 Å². The minimum absolute atomic E-state index is 0.281. The maximum Gasteiger partial charge on any atom is 0.344 e. The van der Waals surface area contributed by atoms with E-state index in [-0.39, 0.29) is 19.0 Å². The van der Waals surface area contributed by atoms with Crippen LogP contribution in [0.5, 0.6) is 5.75 Å². The van der Waals surface area contributed by atoms with Crippen LogP contribution in [0.15, 0.2) is 41.9 Å². The number of hydrogen-bond donors (Lipinski definition) is 0. The lowest BCUT2D eigenvalue weighted by Crippen LogP contribution is -2.20. The molecule has 0 amide bonds. The number of hydrogen-bond acceptors (Lipinski definition) is 6. The predicted molar refractivity (Wildman–Crippen MR) is 103 cm³/mol. The van der Waals surface area contributed by atoms with Crippen LogP contribution in [0.4, 0.5) is 0 Å². The molecule has 8 heteroatoms. The Morgan fingerprint density at radius 3 is 2.70 bits per heavy atom. The van der Waals surface area contributed by atoms with Crippen LogP contribution in [0.25, 0.3) is 5.13 Å². The van der Waals surface area contributed by atoms with Gasteiger partial charge in [0, 0.05) is 28.5 Å². The van der Waals surface area contributed by atoms with Crippen molar-refractivity contribution in [2.45, 2.75) is 13.8 Å². The van der Waals surface area contributed by atoms with E-state index in [0.29, 0.717) is 16.3 Å². The number of ketones is 1. The SMILES string of the molecule is Cc1cc(C(=O)COC(=O)COc2ccccc2Cl)c(C)n1-c1nccs1. The first kappa shape index (κ1) is 19.1. The van der Waals surface area contributed by atoms with Gasteiger partial charge in [-0.1, -0.05) is 23.7 Å². The van der Waals surface area contributed by atoms with Gasteiger partial charge in [0.2, 0.25) is 5.78 Å². The van der Waals surface area contributed by atoms with Gasteiger partial charge in [-0.25, -0.2) is 9.78 Å². The standard InChI is InChI=1S/C19H17ClN2O4S/c1-12-9-14(13(2)22(12)19-21-7-8-27-19)16(23)10-26-18(24)11-25-17-6-4-3-5-15(17)20/h3-9H,10-11H2,1-2H3. The van der Waals surface area contributed by atoms with Gasteiger partial charge < -0.3 is 9.47 Å². The van der Waals surface area contributed by atoms with Gasteiger partial charge in [0.05, 0.1) is 5.02 Å². The number of esters is 1. The molecule has 2 aromatic heterocycles. The lowest BCUT2D eigenvalue weighted by atomic mass is 10.1. The highest BCUT2D eigenvalue weighted by atomic mass is 35.5. The number of aryl methyl sites for hydroxylation is 1. The molecule has 0 aliphatic heterocycles. The van der Waals surface area contributed by atoms with Gasteiger partial charge in [-0.3, -0.25) is 9.36 Å². The van der Waals surface area contributed by atoms with E-state index in [1.807, 2.05) is 23.8 Å². The fourth-order valence-electron chi connectivity index (χ4n) is 2.63. The van der Waals surface area contributed by atoms with Crippen molar-refractivity contribution < 1.29 is 19.1 Å². The average Bonchev–Trinajstić information content (AvgIpc) is 3.26. The van der Waals surface area contributed by atoms with Crippen molar-refractivity contribution in [2.75, 3.05) is 13.2 Å². The van der Waals surface area contributed by atoms with E-state index in [1.165, 1.54) is 11.3 Å². The molecular formula is C19H17ClN2O4S. The summed E-state index contributed by atoms with van der Waals surface area (Å²) in [5, 5.41) is 3.06. The van der Waals surface area contributed by atoms with E-state index >= 15 is 0 Å². The summed E-state index contributed by atoms with van der Waals surface area (Å²) in [6.45, 7) is 3.06. The fraction of sp³-hybridized carbons (Fsp3) is 0.211. The van der Waals surface area contributed by atoms with Crippen molar-refractivity contribution in [3.05, 3.63) is 63.9 Å². The minimum atomic E-state index is -0.642. The Kier molecular flexibility index (Phi) is 5.93. The monoisotopic (exact) mass is 404 g/mol. The highest BCUT2D eigenvalue weighted by Crippen LogP contribution is 2.24. The van der Waals surface area contributed by atoms with Crippen LogP contribution in [0.3, 0.4) is 0 Å². The van der Waals surface area contributed by atoms with Gasteiger partial charge in [0.1, 0.15) is 5.75 Å². The van der Waals surface area contributed by atoms with Gasteiger partial charge in [-0.05, 0) is 32.0 Å². The van der Waals surface area contributed by atoms with Gasteiger partial charge in [0.15, 0.2) is 18.3 Å². The smallest absolute Gasteiger partial charge is 0.344 e. The second kappa shape index (κ2) is 8.37. The number of benzene rings is 1. The first-order valence-electron chi connectivity index (χ1n) is 8.12. The molecule has 0 aliphatic carbocycles. The number of para-hydroxylation sites is 1. The number of ether oxygens (including phenoxy) is 2. The van der Waals surface area contributed by atoms with Crippen LogP contribution in [0.1, 0.15) is 21.7 Å². The van der Waals surface area contributed by atoms with Crippen LogP contribution < -0.4 is 4.74 Å². The first-order valence-corrected chi connectivity index (χ1v) is 9.38. The fourth-order valence-corrected chi connectivity index (χ4v) is 3.57. The number of carbonyl (C=O) groups is 2. The van der Waals surface area contributed by atoms with Crippen molar-refractivity contribution >= 4 is 34.7 Å². The summed E-state index contributed by atoms with van der Waals surface area (Å²) in [7, 11) is 0. The van der Waals surface area contributed by atoms with Gasteiger partial charge in [-0.2, -0.15) is 0 Å². The maximum atomic E-state index is 12.5. The van der Waals surface area contributed by atoms with Crippen LogP contribution in [-0.4, -0.2) is 34.5 Å². The summed E-state index contributed by atoms with van der Waals surface area (Å²) in [6, 6.07) is 8.58. The molecule has 0 fully saturated rings. The lowest BCUT2D eigenvalue weighted by molar-refractivity contribution is -0.144. The van der Waals surface area contributed by atoms with E-state index in [1.54, 1.807) is 36.5 Å². The molecule has 0 unspecified atom stereocenters. The van der Waals surface area contributed by atoms with Crippen molar-refractivity contribution in [3.63, 3.8) is 0 Å². The largest absolute Gasteiger partial charge is 0.480 e. The normalized spacial score (nSPS) is 10.6. The molecule has 0 saturated heterocycles. The van der Waals surface area contributed by atoms with Gasteiger partial charge in [0.25, 0.3) is 0 Å². The first-order chi connectivity index (χ1) is 13.0. The third-order valence-corrected chi connectivity index (χ3v) is 4.96. The summed E-state index contributed by atoms with van der Waals surface area (Å²) >= 11 is 7.44. The number of halogens is 1. The zero-order valence-corrected chi connectivity index (χ0v) is 16.3. The molecule has 1 aromatic carbocycles. The number of thiazole rings is 1. The molecule has 0 aliphatic rings. The molecule has 0 saturated carbocycles. The molecule has 27 heavy (non-hydrogen) atoms. The number of nitrogens with zero attached hydrogens (tertiary/aromatic N) is 2. The minimum Gasteiger partial charge on any atom is -0.480 e. The van der Waals surface area contributed by atoms with Crippen LogP contribution >= 0.6 is 22.9 Å². The zero-order chi connectivity index (χ0) is 19.4. The van der Waals surface area contributed by atoms with Crippen LogP contribution in [0.2, 0.25) is 5.02 Å². The third-order valence-electron chi connectivity index (χ3n) is 3.89. The number of aromatic nitrogens is 2. The molecule has 0 N–H and O–H groups in total. The van der Waals surface area contributed by atoms with Crippen molar-refractivity contribution in [1.29, 1.82) is 0 Å². The molecule has 0 radical (unpaired) electrons. The van der Waals surface area contributed by atoms with Crippen molar-refractivity contribution in [1.82, 2.24) is 9.55 Å². The van der Waals surface area contributed by atoms with Crippen LogP contribution in [0, 0.1) is 13.8 Å². The molecule has 3 rings (SSSR count). The van der Waals surface area contributed by atoms with E-state index in [9.17, 15) is 9.59 Å². The van der Waals surface area contributed by atoms with Gasteiger partial charge >= 0.3 is 5.97 Å². The van der Waals surface area contributed by atoms with E-state index in [4.69, 9.17) is 21.1 Å². The molecule has 6 nitrogen and oxygen atoms in total. The molecule has 3 aromatic rings. The number of carbonyl (C=O) groups excluding carboxylic acids is 2. The quantitative estimate of drug-likeness (QED) is 0.439. The molecule has 0 spiro atoms. The maximum absolute atomic E-state index is 12.5. The van der Waals surface area contributed by atoms with E-state index in [2.05, 4.69) is 4.98 Å². The van der Waals surface area contributed by atoms with E-state index < -0.39 is 5.97 Å². The lowest BCUT2D eigenvalue weighted by Gasteiger charge is -2.08. The zero-order valence-electron chi connectivity index (χ0n) is 14.8. The summed E-state index contributed by atoms with van der Waals surface area (Å²) in [5.74, 6) is -0.538. The number of rotatable bonds is 7. The molecule has 0 bridgehead atoms. The summed E-state index contributed by atoms with van der Waals surface area (Å²) < 4.78 is 12.2. The molecule has 0 atom stereocenters. The predicted octanol–water partition coefficient (Wildman–Crippen LogP) is 4.01. The highest BCUT2D eigenvalue weighted by molar-refractivity contribution is 7.12. The third kappa shape index (κ3) is 4.37. The Bertz CT molecular complexity index is 966. The molecular weight excluding hydrogens is 388 g/mol. The Balaban J connectivity index is 1.59. The highest BCUT2D eigenvalue weighted by Gasteiger charge is 2.19. The number of Topliss-reactive ketones (excluding diaryl/α,β-unsaturated/α-hetero) is 1. The molecule has 140 valence electrons. The van der Waals surface area contributed by atoms with Crippen molar-refractivity contribution in [3.8, 4) is 10.9 Å². The molecule has 2 heterocycles. The average molecular weight is 405 g/mol. The summed E-state index contributed by atoms with van der Waals surface area (Å²) in [6.07, 6.45) is 1.71. The Morgan fingerprint density at radius 2 is 2.00 bits per heavy atom. The van der Waals surface area contributed by atoms with Gasteiger partial charge in [-0.15, -0.1) is 11.3 Å². The second-order valence-electron chi connectivity index (χ2n) is 5.74. The summed E-state index contributed by atoms with van der Waals surface area (Å²) in [4.78, 5) is 28.6. The Hall–Kier alpha value is -2.64. The second-order valence-corrected chi connectivity index (χ2v) is 7.02.